The molecule has 0 saturated carbocycles. The van der Waals surface area contributed by atoms with Crippen LogP contribution in [0.25, 0.3) is 0 Å². The zero-order chi connectivity index (χ0) is 10.6. The minimum atomic E-state index is -0.00690. The van der Waals surface area contributed by atoms with Crippen molar-refractivity contribution in [2.45, 2.75) is 20.3 Å². The largest absolute Gasteiger partial charge is 0.352 e. The van der Waals surface area contributed by atoms with Crippen LogP contribution in [-0.4, -0.2) is 12.5 Å². The summed E-state index contributed by atoms with van der Waals surface area (Å²) in [5, 5.41) is 2.84. The van der Waals surface area contributed by atoms with Gasteiger partial charge in [-0.1, -0.05) is 28.9 Å². The minimum Gasteiger partial charge on any atom is -0.352 e. The summed E-state index contributed by atoms with van der Waals surface area (Å²) in [5.41, 5.74) is 1.84. The van der Waals surface area contributed by atoms with E-state index < -0.39 is 0 Å². The Bertz CT molecular complexity index is 336. The van der Waals surface area contributed by atoms with Crippen LogP contribution < -0.4 is 5.32 Å². The van der Waals surface area contributed by atoms with E-state index in [1.807, 2.05) is 32.0 Å². The monoisotopic (exact) mass is 255 g/mol. The van der Waals surface area contributed by atoms with Gasteiger partial charge in [0.05, 0.1) is 0 Å². The van der Waals surface area contributed by atoms with E-state index in [2.05, 4.69) is 21.2 Å². The third kappa shape index (κ3) is 2.84. The van der Waals surface area contributed by atoms with Gasteiger partial charge in [-0.2, -0.15) is 0 Å². The molecule has 0 radical (unpaired) electrons. The van der Waals surface area contributed by atoms with Gasteiger partial charge in [0.1, 0.15) is 0 Å². The maximum absolute atomic E-state index is 11.5. The molecule has 1 aromatic carbocycles. The molecule has 1 amide bonds. The molecule has 0 aliphatic heterocycles. The molecule has 0 atom stereocenters. The van der Waals surface area contributed by atoms with Gasteiger partial charge in [0.25, 0.3) is 5.91 Å². The van der Waals surface area contributed by atoms with E-state index in [1.165, 1.54) is 0 Å². The van der Waals surface area contributed by atoms with Gasteiger partial charge in [0, 0.05) is 16.6 Å². The number of hydrogen-bond acceptors (Lipinski definition) is 1. The molecule has 0 unspecified atom stereocenters. The van der Waals surface area contributed by atoms with Crippen LogP contribution in [0.3, 0.4) is 0 Å². The molecule has 1 aromatic rings. The molecule has 1 N–H and O–H groups in total. The predicted molar refractivity (Wildman–Crippen MR) is 61.5 cm³/mol. The van der Waals surface area contributed by atoms with E-state index >= 15 is 0 Å². The van der Waals surface area contributed by atoms with Crippen LogP contribution >= 0.6 is 15.9 Å². The highest BCUT2D eigenvalue weighted by Gasteiger charge is 2.05. The van der Waals surface area contributed by atoms with Crippen molar-refractivity contribution in [1.29, 1.82) is 0 Å². The second kappa shape index (κ2) is 5.15. The summed E-state index contributed by atoms with van der Waals surface area (Å²) in [6.45, 7) is 4.76. The molecule has 0 aliphatic carbocycles. The van der Waals surface area contributed by atoms with Crippen LogP contribution in [0.15, 0.2) is 22.7 Å². The molecule has 76 valence electrons. The number of halogens is 1. The molecule has 0 aliphatic rings. The maximum Gasteiger partial charge on any atom is 0.251 e. The number of hydrogen-bond donors (Lipinski definition) is 1. The molecule has 0 heterocycles. The third-order valence-electron chi connectivity index (χ3n) is 1.97. The molecule has 0 spiro atoms. The minimum absolute atomic E-state index is 0.00690. The van der Waals surface area contributed by atoms with Crippen LogP contribution in [0.4, 0.5) is 0 Å². The third-order valence-corrected chi connectivity index (χ3v) is 2.82. The molecule has 0 bridgehead atoms. The molecule has 1 rings (SSSR count). The van der Waals surface area contributed by atoms with Crippen molar-refractivity contribution in [3.05, 3.63) is 33.8 Å². The van der Waals surface area contributed by atoms with E-state index in [-0.39, 0.29) is 5.91 Å². The van der Waals surface area contributed by atoms with Gasteiger partial charge in [-0.3, -0.25) is 4.79 Å². The first kappa shape index (κ1) is 11.2. The first-order valence-electron chi connectivity index (χ1n) is 4.69. The van der Waals surface area contributed by atoms with E-state index in [1.54, 1.807) is 0 Å². The molecule has 0 aromatic heterocycles. The van der Waals surface area contributed by atoms with Gasteiger partial charge in [-0.05, 0) is 31.0 Å². The highest BCUT2D eigenvalue weighted by Crippen LogP contribution is 2.17. The van der Waals surface area contributed by atoms with Crippen LogP contribution in [0.2, 0.25) is 0 Å². The summed E-state index contributed by atoms with van der Waals surface area (Å²) in [6.07, 6.45) is 0.957. The molecule has 0 fully saturated rings. The summed E-state index contributed by atoms with van der Waals surface area (Å²) in [4.78, 5) is 11.5. The van der Waals surface area contributed by atoms with Crippen LogP contribution in [0, 0.1) is 6.92 Å². The van der Waals surface area contributed by atoms with Crippen molar-refractivity contribution in [1.82, 2.24) is 5.32 Å². The lowest BCUT2D eigenvalue weighted by Gasteiger charge is -2.04. The number of aryl methyl sites for hydroxylation is 1. The van der Waals surface area contributed by atoms with Crippen LogP contribution in [0.1, 0.15) is 29.3 Å². The lowest BCUT2D eigenvalue weighted by Crippen LogP contribution is -2.23. The fourth-order valence-corrected chi connectivity index (χ4v) is 1.45. The fourth-order valence-electron chi connectivity index (χ4n) is 1.07. The van der Waals surface area contributed by atoms with Gasteiger partial charge < -0.3 is 5.32 Å². The highest BCUT2D eigenvalue weighted by atomic mass is 79.9. The lowest BCUT2D eigenvalue weighted by molar-refractivity contribution is 0.0953. The van der Waals surface area contributed by atoms with Crippen molar-refractivity contribution in [3.8, 4) is 0 Å². The standard InChI is InChI=1S/C11H14BrNO/c1-3-6-13-11(14)9-5-4-8(2)10(12)7-9/h4-5,7H,3,6H2,1-2H3,(H,13,14). The Hall–Kier alpha value is -0.830. The van der Waals surface area contributed by atoms with Crippen LogP contribution in [-0.2, 0) is 0 Å². The molecule has 14 heavy (non-hydrogen) atoms. The Labute approximate surface area is 92.8 Å². The molecule has 2 nitrogen and oxygen atoms in total. The summed E-state index contributed by atoms with van der Waals surface area (Å²) in [7, 11) is 0. The Morgan fingerprint density at radius 1 is 1.50 bits per heavy atom. The van der Waals surface area contributed by atoms with Crippen LogP contribution in [0.5, 0.6) is 0 Å². The van der Waals surface area contributed by atoms with Crippen molar-refractivity contribution >= 4 is 21.8 Å². The van der Waals surface area contributed by atoms with Crippen molar-refractivity contribution < 1.29 is 4.79 Å². The first-order chi connectivity index (χ1) is 6.65. The van der Waals surface area contributed by atoms with Gasteiger partial charge in [0.15, 0.2) is 0 Å². The van der Waals surface area contributed by atoms with E-state index in [9.17, 15) is 4.79 Å². The highest BCUT2D eigenvalue weighted by molar-refractivity contribution is 9.10. The zero-order valence-electron chi connectivity index (χ0n) is 8.43. The van der Waals surface area contributed by atoms with E-state index in [4.69, 9.17) is 0 Å². The summed E-state index contributed by atoms with van der Waals surface area (Å²) in [5.74, 6) is -0.00690. The average molecular weight is 256 g/mol. The quantitative estimate of drug-likeness (QED) is 0.885. The SMILES string of the molecule is CCCNC(=O)c1ccc(C)c(Br)c1. The number of carbonyl (C=O) groups excluding carboxylic acids is 1. The summed E-state index contributed by atoms with van der Waals surface area (Å²) in [6, 6.07) is 5.62. The van der Waals surface area contributed by atoms with Gasteiger partial charge in [-0.25, -0.2) is 0 Å². The topological polar surface area (TPSA) is 29.1 Å². The van der Waals surface area contributed by atoms with Crippen molar-refractivity contribution in [3.63, 3.8) is 0 Å². The Morgan fingerprint density at radius 2 is 2.21 bits per heavy atom. The van der Waals surface area contributed by atoms with Crippen molar-refractivity contribution in [2.24, 2.45) is 0 Å². The van der Waals surface area contributed by atoms with E-state index in [0.717, 1.165) is 23.0 Å². The Morgan fingerprint density at radius 3 is 2.79 bits per heavy atom. The number of benzene rings is 1. The number of amides is 1. The number of carbonyl (C=O) groups is 1. The number of rotatable bonds is 3. The van der Waals surface area contributed by atoms with Gasteiger partial charge >= 0.3 is 0 Å². The summed E-state index contributed by atoms with van der Waals surface area (Å²) < 4.78 is 0.974. The Balaban J connectivity index is 2.76. The second-order valence-electron chi connectivity index (χ2n) is 3.22. The number of nitrogens with one attached hydrogen (secondary N) is 1. The smallest absolute Gasteiger partial charge is 0.251 e. The second-order valence-corrected chi connectivity index (χ2v) is 4.07. The maximum atomic E-state index is 11.5. The molecular formula is C11H14BrNO. The fraction of sp³-hybridized carbons (Fsp3) is 0.364. The zero-order valence-corrected chi connectivity index (χ0v) is 10.0. The molecule has 3 heteroatoms. The molecule has 0 saturated heterocycles. The summed E-state index contributed by atoms with van der Waals surface area (Å²) >= 11 is 3.40. The van der Waals surface area contributed by atoms with Crippen molar-refractivity contribution in [2.75, 3.05) is 6.54 Å². The lowest BCUT2D eigenvalue weighted by atomic mass is 10.1. The molecular weight excluding hydrogens is 242 g/mol. The first-order valence-corrected chi connectivity index (χ1v) is 5.48. The van der Waals surface area contributed by atoms with Gasteiger partial charge in [0.2, 0.25) is 0 Å². The Kier molecular flexibility index (Phi) is 4.14. The average Bonchev–Trinajstić information content (AvgIpc) is 2.18. The predicted octanol–water partition coefficient (Wildman–Crippen LogP) is 2.90. The normalized spacial score (nSPS) is 9.93. The van der Waals surface area contributed by atoms with E-state index in [0.29, 0.717) is 5.56 Å². The van der Waals surface area contributed by atoms with Gasteiger partial charge in [-0.15, -0.1) is 0 Å².